The van der Waals surface area contributed by atoms with Gasteiger partial charge in [0.15, 0.2) is 11.5 Å². The number of amides is 1. The van der Waals surface area contributed by atoms with Crippen LogP contribution in [0.2, 0.25) is 0 Å². The topological polar surface area (TPSA) is 109 Å². The normalized spacial score (nSPS) is 10.1. The third-order valence-corrected chi connectivity index (χ3v) is 3.89. The van der Waals surface area contributed by atoms with Crippen molar-refractivity contribution in [1.82, 2.24) is 5.32 Å². The lowest BCUT2D eigenvalue weighted by Crippen LogP contribution is -2.24. The van der Waals surface area contributed by atoms with Crippen LogP contribution in [-0.2, 0) is 6.54 Å². The van der Waals surface area contributed by atoms with E-state index in [0.717, 1.165) is 0 Å². The number of nitro groups is 1. The van der Waals surface area contributed by atoms with Crippen molar-refractivity contribution in [3.63, 3.8) is 0 Å². The Balaban J connectivity index is 2.30. The maximum atomic E-state index is 12.6. The van der Waals surface area contributed by atoms with Gasteiger partial charge in [-0.1, -0.05) is 0 Å². The molecule has 0 radical (unpaired) electrons. The lowest BCUT2D eigenvalue weighted by Gasteiger charge is -2.13. The monoisotopic (exact) mass is 390 g/mol. The van der Waals surface area contributed by atoms with Gasteiger partial charge < -0.3 is 24.3 Å². The van der Waals surface area contributed by atoms with Gasteiger partial charge in [0.25, 0.3) is 11.6 Å². The summed E-state index contributed by atoms with van der Waals surface area (Å²) < 4.78 is 20.9. The number of nitrogens with one attached hydrogen (secondary N) is 1. The molecule has 9 nitrogen and oxygen atoms in total. The van der Waals surface area contributed by atoms with E-state index in [0.29, 0.717) is 23.7 Å². The van der Waals surface area contributed by atoms with E-state index in [9.17, 15) is 14.9 Å². The van der Waals surface area contributed by atoms with Crippen LogP contribution in [0.5, 0.6) is 23.0 Å². The number of hydrogen-bond donors (Lipinski definition) is 1. The van der Waals surface area contributed by atoms with Gasteiger partial charge in [0.05, 0.1) is 38.9 Å². The van der Waals surface area contributed by atoms with Gasteiger partial charge in [-0.15, -0.1) is 0 Å². The molecule has 0 saturated heterocycles. The van der Waals surface area contributed by atoms with Crippen LogP contribution < -0.4 is 24.3 Å². The quantitative estimate of drug-likeness (QED) is 0.518. The van der Waals surface area contributed by atoms with Crippen LogP contribution in [0.25, 0.3) is 0 Å². The Morgan fingerprint density at radius 3 is 2.14 bits per heavy atom. The highest BCUT2D eigenvalue weighted by molar-refractivity contribution is 5.99. The van der Waals surface area contributed by atoms with Crippen molar-refractivity contribution in [1.29, 1.82) is 0 Å². The first kappa shape index (κ1) is 20.8. The number of nitrogens with zero attached hydrogens (tertiary/aromatic N) is 1. The fourth-order valence-corrected chi connectivity index (χ4v) is 2.56. The van der Waals surface area contributed by atoms with Gasteiger partial charge in [-0.05, 0) is 24.6 Å². The molecule has 0 saturated carbocycles. The van der Waals surface area contributed by atoms with E-state index in [1.807, 2.05) is 0 Å². The molecular weight excluding hydrogens is 368 g/mol. The summed E-state index contributed by atoms with van der Waals surface area (Å²) in [5, 5.41) is 14.1. The number of carbonyl (C=O) groups is 1. The summed E-state index contributed by atoms with van der Waals surface area (Å²) >= 11 is 0. The molecule has 0 aliphatic heterocycles. The zero-order valence-corrected chi connectivity index (χ0v) is 16.1. The smallest absolute Gasteiger partial charge is 0.286 e. The summed E-state index contributed by atoms with van der Waals surface area (Å²) in [6.45, 7) is 2.20. The second-order valence-corrected chi connectivity index (χ2v) is 5.61. The summed E-state index contributed by atoms with van der Waals surface area (Å²) in [7, 11) is 4.41. The Kier molecular flexibility index (Phi) is 7.02. The fraction of sp³-hybridized carbons (Fsp3) is 0.316. The maximum absolute atomic E-state index is 12.6. The second kappa shape index (κ2) is 9.45. The van der Waals surface area contributed by atoms with Crippen LogP contribution in [0.1, 0.15) is 22.8 Å². The van der Waals surface area contributed by atoms with E-state index in [-0.39, 0.29) is 29.3 Å². The number of rotatable bonds is 9. The van der Waals surface area contributed by atoms with E-state index < -0.39 is 10.8 Å². The van der Waals surface area contributed by atoms with E-state index in [1.165, 1.54) is 33.5 Å². The van der Waals surface area contributed by atoms with Crippen molar-refractivity contribution in [3.05, 3.63) is 51.6 Å². The van der Waals surface area contributed by atoms with Gasteiger partial charge in [0.1, 0.15) is 17.1 Å². The largest absolute Gasteiger partial charge is 0.497 e. The molecule has 28 heavy (non-hydrogen) atoms. The number of hydrogen-bond acceptors (Lipinski definition) is 7. The van der Waals surface area contributed by atoms with Crippen LogP contribution in [0.15, 0.2) is 30.3 Å². The minimum Gasteiger partial charge on any atom is -0.497 e. The maximum Gasteiger partial charge on any atom is 0.286 e. The molecule has 0 aliphatic carbocycles. The Bertz CT molecular complexity index is 845. The first-order chi connectivity index (χ1) is 13.4. The third-order valence-electron chi connectivity index (χ3n) is 3.89. The average Bonchev–Trinajstić information content (AvgIpc) is 2.71. The van der Waals surface area contributed by atoms with Crippen molar-refractivity contribution in [2.75, 3.05) is 27.9 Å². The van der Waals surface area contributed by atoms with E-state index in [1.54, 1.807) is 25.1 Å². The van der Waals surface area contributed by atoms with Crippen molar-refractivity contribution in [2.45, 2.75) is 13.5 Å². The highest BCUT2D eigenvalue weighted by Gasteiger charge is 2.24. The van der Waals surface area contributed by atoms with Crippen molar-refractivity contribution < 1.29 is 28.7 Å². The molecule has 0 fully saturated rings. The molecule has 2 aromatic carbocycles. The van der Waals surface area contributed by atoms with Crippen LogP contribution in [0, 0.1) is 10.1 Å². The molecule has 0 aromatic heterocycles. The van der Waals surface area contributed by atoms with Crippen molar-refractivity contribution in [3.8, 4) is 23.0 Å². The highest BCUT2D eigenvalue weighted by Crippen LogP contribution is 2.34. The number of carbonyl (C=O) groups excluding carboxylic acids is 1. The zero-order valence-electron chi connectivity index (χ0n) is 16.1. The molecule has 0 atom stereocenters. The number of nitro benzene ring substituents is 1. The minimum absolute atomic E-state index is 0.121. The number of benzene rings is 2. The highest BCUT2D eigenvalue weighted by atomic mass is 16.6. The molecule has 1 N–H and O–H groups in total. The SMILES string of the molecule is CCOc1cc(C(=O)NCc2cc(OC)cc(OC)c2)c([N+](=O)[O-])cc1OC. The van der Waals surface area contributed by atoms with Crippen LogP contribution in [-0.4, -0.2) is 38.8 Å². The summed E-state index contributed by atoms with van der Waals surface area (Å²) in [4.78, 5) is 23.4. The lowest BCUT2D eigenvalue weighted by atomic mass is 10.1. The summed E-state index contributed by atoms with van der Waals surface area (Å²) in [6.07, 6.45) is 0. The molecule has 2 aromatic rings. The van der Waals surface area contributed by atoms with E-state index >= 15 is 0 Å². The van der Waals surface area contributed by atoms with Gasteiger partial charge in [-0.25, -0.2) is 0 Å². The predicted molar refractivity (Wildman–Crippen MR) is 102 cm³/mol. The van der Waals surface area contributed by atoms with Crippen LogP contribution in [0.3, 0.4) is 0 Å². The number of methoxy groups -OCH3 is 3. The molecule has 0 heterocycles. The van der Waals surface area contributed by atoms with Crippen molar-refractivity contribution >= 4 is 11.6 Å². The third kappa shape index (κ3) is 4.81. The van der Waals surface area contributed by atoms with Gasteiger partial charge in [0.2, 0.25) is 0 Å². The zero-order chi connectivity index (χ0) is 20.7. The molecular formula is C19H22N2O7. The average molecular weight is 390 g/mol. The Hall–Kier alpha value is -3.49. The molecule has 2 rings (SSSR count). The van der Waals surface area contributed by atoms with E-state index in [4.69, 9.17) is 18.9 Å². The first-order valence-electron chi connectivity index (χ1n) is 8.42. The number of ether oxygens (including phenoxy) is 4. The van der Waals surface area contributed by atoms with Crippen LogP contribution >= 0.6 is 0 Å². The minimum atomic E-state index is -0.637. The van der Waals surface area contributed by atoms with Gasteiger partial charge >= 0.3 is 0 Å². The molecule has 150 valence electrons. The van der Waals surface area contributed by atoms with Gasteiger partial charge in [0, 0.05) is 18.7 Å². The van der Waals surface area contributed by atoms with Gasteiger partial charge in [-0.2, -0.15) is 0 Å². The fourth-order valence-electron chi connectivity index (χ4n) is 2.56. The first-order valence-corrected chi connectivity index (χ1v) is 8.42. The predicted octanol–water partition coefficient (Wildman–Crippen LogP) is 2.95. The molecule has 0 bridgehead atoms. The Morgan fingerprint density at radius 1 is 1.00 bits per heavy atom. The molecule has 0 unspecified atom stereocenters. The summed E-state index contributed by atoms with van der Waals surface area (Å²) in [6, 6.07) is 7.65. The molecule has 1 amide bonds. The molecule has 9 heteroatoms. The second-order valence-electron chi connectivity index (χ2n) is 5.61. The lowest BCUT2D eigenvalue weighted by molar-refractivity contribution is -0.385. The summed E-state index contributed by atoms with van der Waals surface area (Å²) in [5.41, 5.74) is 0.218. The van der Waals surface area contributed by atoms with Crippen molar-refractivity contribution in [2.24, 2.45) is 0 Å². The Morgan fingerprint density at radius 2 is 1.64 bits per heavy atom. The Labute approximate surface area is 162 Å². The summed E-state index contributed by atoms with van der Waals surface area (Å²) in [5.74, 6) is 0.957. The van der Waals surface area contributed by atoms with Gasteiger partial charge in [-0.3, -0.25) is 14.9 Å². The van der Waals surface area contributed by atoms with E-state index in [2.05, 4.69) is 5.32 Å². The van der Waals surface area contributed by atoms with Crippen LogP contribution in [0.4, 0.5) is 5.69 Å². The molecule has 0 aliphatic rings. The standard InChI is InChI=1S/C19H22N2O7/c1-5-28-18-9-15(16(21(23)24)10-17(18)27-4)19(22)20-11-12-6-13(25-2)8-14(7-12)26-3/h6-10H,5,11H2,1-4H3,(H,20,22). The molecule has 0 spiro atoms.